The Morgan fingerprint density at radius 3 is 2.15 bits per heavy atom. The molecule has 4 heteroatoms. The predicted octanol–water partition coefficient (Wildman–Crippen LogP) is 2.76. The average molecular weight is 211 g/mol. The van der Waals surface area contributed by atoms with E-state index >= 15 is 0 Å². The Hall–Kier alpha value is 0.170. The molecule has 0 aliphatic heterocycles. The molecule has 0 aliphatic rings. The number of thioether (sulfide) groups is 1. The molecule has 0 saturated carbocycles. The standard InChI is InChI=1S/C9H19F2NS/c1-4-9(5-2,13-3)7-12-6-8(10)11/h8,12H,4-7H2,1-3H3. The lowest BCUT2D eigenvalue weighted by atomic mass is 10.0. The molecule has 0 aromatic heterocycles. The van der Waals surface area contributed by atoms with Gasteiger partial charge in [0.1, 0.15) is 0 Å². The van der Waals surface area contributed by atoms with Crippen molar-refractivity contribution in [3.63, 3.8) is 0 Å². The van der Waals surface area contributed by atoms with Crippen molar-refractivity contribution >= 4 is 11.8 Å². The van der Waals surface area contributed by atoms with Crippen molar-refractivity contribution in [3.05, 3.63) is 0 Å². The number of hydrogen-bond donors (Lipinski definition) is 1. The van der Waals surface area contributed by atoms with E-state index in [0.717, 1.165) is 12.8 Å². The molecule has 0 amide bonds. The summed E-state index contributed by atoms with van der Waals surface area (Å²) in [6, 6.07) is 0. The summed E-state index contributed by atoms with van der Waals surface area (Å²) >= 11 is 1.76. The summed E-state index contributed by atoms with van der Waals surface area (Å²) in [5.41, 5.74) is 0. The Kier molecular flexibility index (Phi) is 6.68. The normalized spacial score (nSPS) is 12.5. The molecule has 1 N–H and O–H groups in total. The molecule has 1 nitrogen and oxygen atoms in total. The first-order valence-corrected chi connectivity index (χ1v) is 5.86. The minimum atomic E-state index is -2.24. The molecule has 0 saturated heterocycles. The molecular weight excluding hydrogens is 192 g/mol. The molecule has 0 aromatic rings. The maximum absolute atomic E-state index is 11.9. The van der Waals surface area contributed by atoms with Crippen LogP contribution in [0.1, 0.15) is 26.7 Å². The van der Waals surface area contributed by atoms with Crippen molar-refractivity contribution in [2.75, 3.05) is 19.3 Å². The summed E-state index contributed by atoms with van der Waals surface area (Å²) in [6.45, 7) is 4.68. The quantitative estimate of drug-likeness (QED) is 0.695. The number of halogens is 2. The summed E-state index contributed by atoms with van der Waals surface area (Å²) in [5.74, 6) is 0. The first-order chi connectivity index (χ1) is 6.10. The second kappa shape index (κ2) is 6.60. The van der Waals surface area contributed by atoms with E-state index in [1.165, 1.54) is 0 Å². The van der Waals surface area contributed by atoms with Crippen LogP contribution in [0.2, 0.25) is 0 Å². The molecule has 0 atom stereocenters. The van der Waals surface area contributed by atoms with Crippen molar-refractivity contribution in [2.45, 2.75) is 37.9 Å². The van der Waals surface area contributed by atoms with Gasteiger partial charge in [-0.3, -0.25) is 0 Å². The number of rotatable bonds is 7. The first kappa shape index (κ1) is 13.2. The fourth-order valence-corrected chi connectivity index (χ4v) is 2.09. The number of alkyl halides is 2. The number of hydrogen-bond acceptors (Lipinski definition) is 2. The second-order valence-electron chi connectivity index (χ2n) is 3.12. The van der Waals surface area contributed by atoms with E-state index in [-0.39, 0.29) is 11.3 Å². The van der Waals surface area contributed by atoms with Crippen LogP contribution in [0.5, 0.6) is 0 Å². The third-order valence-electron chi connectivity index (χ3n) is 2.47. The van der Waals surface area contributed by atoms with Crippen LogP contribution in [0.25, 0.3) is 0 Å². The summed E-state index contributed by atoms with van der Waals surface area (Å²) in [5, 5.41) is 2.81. The van der Waals surface area contributed by atoms with Gasteiger partial charge >= 0.3 is 0 Å². The molecule has 80 valence electrons. The Morgan fingerprint density at radius 1 is 1.31 bits per heavy atom. The first-order valence-electron chi connectivity index (χ1n) is 4.64. The van der Waals surface area contributed by atoms with E-state index in [1.807, 2.05) is 6.26 Å². The van der Waals surface area contributed by atoms with E-state index < -0.39 is 6.43 Å². The Bertz CT molecular complexity index is 119. The predicted molar refractivity (Wildman–Crippen MR) is 55.7 cm³/mol. The molecule has 13 heavy (non-hydrogen) atoms. The largest absolute Gasteiger partial charge is 0.310 e. The van der Waals surface area contributed by atoms with E-state index in [0.29, 0.717) is 6.54 Å². The van der Waals surface area contributed by atoms with Gasteiger partial charge in [0.2, 0.25) is 0 Å². The van der Waals surface area contributed by atoms with E-state index in [4.69, 9.17) is 0 Å². The number of nitrogens with one attached hydrogen (secondary N) is 1. The van der Waals surface area contributed by atoms with Crippen LogP contribution in [0.15, 0.2) is 0 Å². The van der Waals surface area contributed by atoms with Crippen LogP contribution < -0.4 is 5.32 Å². The highest BCUT2D eigenvalue weighted by Crippen LogP contribution is 2.29. The smallest absolute Gasteiger partial charge is 0.250 e. The molecular formula is C9H19F2NS. The van der Waals surface area contributed by atoms with Gasteiger partial charge < -0.3 is 5.32 Å². The maximum Gasteiger partial charge on any atom is 0.250 e. The highest BCUT2D eigenvalue weighted by atomic mass is 32.2. The van der Waals surface area contributed by atoms with Crippen LogP contribution in [-0.4, -0.2) is 30.5 Å². The van der Waals surface area contributed by atoms with Gasteiger partial charge in [0.25, 0.3) is 6.43 Å². The lowest BCUT2D eigenvalue weighted by Gasteiger charge is -2.29. The molecule has 0 unspecified atom stereocenters. The van der Waals surface area contributed by atoms with Crippen LogP contribution in [0.3, 0.4) is 0 Å². The monoisotopic (exact) mass is 211 g/mol. The lowest BCUT2D eigenvalue weighted by molar-refractivity contribution is 0.145. The van der Waals surface area contributed by atoms with Crippen molar-refractivity contribution in [2.24, 2.45) is 0 Å². The molecule has 0 aromatic carbocycles. The molecule has 0 rings (SSSR count). The van der Waals surface area contributed by atoms with Crippen LogP contribution in [-0.2, 0) is 0 Å². The van der Waals surface area contributed by atoms with Crippen molar-refractivity contribution < 1.29 is 8.78 Å². The summed E-state index contributed by atoms with van der Waals surface area (Å²) in [7, 11) is 0. The molecule has 0 bridgehead atoms. The van der Waals surface area contributed by atoms with Crippen LogP contribution in [0, 0.1) is 0 Å². The maximum atomic E-state index is 11.9. The Balaban J connectivity index is 3.81. The molecule has 0 aliphatic carbocycles. The Morgan fingerprint density at radius 2 is 1.85 bits per heavy atom. The minimum Gasteiger partial charge on any atom is -0.310 e. The summed E-state index contributed by atoms with van der Waals surface area (Å²) in [6.07, 6.45) is 1.83. The highest BCUT2D eigenvalue weighted by Gasteiger charge is 2.24. The van der Waals surface area contributed by atoms with Gasteiger partial charge in [-0.1, -0.05) is 13.8 Å². The minimum absolute atomic E-state index is 0.134. The summed E-state index contributed by atoms with van der Waals surface area (Å²) < 4.78 is 23.8. The third-order valence-corrected chi connectivity index (χ3v) is 4.06. The molecule has 0 spiro atoms. The Labute approximate surface area is 83.7 Å². The van der Waals surface area contributed by atoms with Crippen LogP contribution >= 0.6 is 11.8 Å². The average Bonchev–Trinajstić information content (AvgIpc) is 2.13. The zero-order valence-electron chi connectivity index (χ0n) is 8.57. The fourth-order valence-electron chi connectivity index (χ4n) is 1.27. The lowest BCUT2D eigenvalue weighted by Crippen LogP contribution is -2.38. The van der Waals surface area contributed by atoms with E-state index in [9.17, 15) is 8.78 Å². The van der Waals surface area contributed by atoms with Gasteiger partial charge in [-0.05, 0) is 19.1 Å². The van der Waals surface area contributed by atoms with Gasteiger partial charge in [-0.25, -0.2) is 8.78 Å². The van der Waals surface area contributed by atoms with E-state index in [1.54, 1.807) is 11.8 Å². The molecule has 0 heterocycles. The second-order valence-corrected chi connectivity index (χ2v) is 4.39. The van der Waals surface area contributed by atoms with E-state index in [2.05, 4.69) is 19.2 Å². The van der Waals surface area contributed by atoms with Gasteiger partial charge in [-0.2, -0.15) is 11.8 Å². The van der Waals surface area contributed by atoms with Gasteiger partial charge in [0.05, 0.1) is 6.54 Å². The van der Waals surface area contributed by atoms with Crippen molar-refractivity contribution in [1.82, 2.24) is 5.32 Å². The molecule has 0 fully saturated rings. The van der Waals surface area contributed by atoms with Gasteiger partial charge in [0, 0.05) is 11.3 Å². The SMILES string of the molecule is CCC(CC)(CNCC(F)F)SC. The van der Waals surface area contributed by atoms with Crippen molar-refractivity contribution in [3.8, 4) is 0 Å². The van der Waals surface area contributed by atoms with Gasteiger partial charge in [0.15, 0.2) is 0 Å². The topological polar surface area (TPSA) is 12.0 Å². The van der Waals surface area contributed by atoms with Crippen molar-refractivity contribution in [1.29, 1.82) is 0 Å². The highest BCUT2D eigenvalue weighted by molar-refractivity contribution is 8.00. The zero-order valence-corrected chi connectivity index (χ0v) is 9.39. The third kappa shape index (κ3) is 4.81. The molecule has 0 radical (unpaired) electrons. The zero-order chi connectivity index (χ0) is 10.3. The van der Waals surface area contributed by atoms with Gasteiger partial charge in [-0.15, -0.1) is 0 Å². The fraction of sp³-hybridized carbons (Fsp3) is 1.00. The van der Waals surface area contributed by atoms with Crippen LogP contribution in [0.4, 0.5) is 8.78 Å². The summed E-state index contributed by atoms with van der Waals surface area (Å²) in [4.78, 5) is 0.